The Hall–Kier alpha value is -0.460. The fourth-order valence-electron chi connectivity index (χ4n) is 2.63. The number of halogens is 1. The Morgan fingerprint density at radius 3 is 2.74 bits per heavy atom. The van der Waals surface area contributed by atoms with Crippen LogP contribution in [0.5, 0.6) is 0 Å². The van der Waals surface area contributed by atoms with E-state index < -0.39 is 10.0 Å². The van der Waals surface area contributed by atoms with Gasteiger partial charge in [0.2, 0.25) is 0 Å². The van der Waals surface area contributed by atoms with Gasteiger partial charge in [0.25, 0.3) is 10.0 Å². The van der Waals surface area contributed by atoms with Gasteiger partial charge in [0.1, 0.15) is 0 Å². The summed E-state index contributed by atoms with van der Waals surface area (Å²) in [6.07, 6.45) is 6.85. The Morgan fingerprint density at radius 2 is 2.11 bits per heavy atom. The molecule has 2 rings (SSSR count). The predicted octanol–water partition coefficient (Wildman–Crippen LogP) is 3.09. The lowest BCUT2D eigenvalue weighted by Crippen LogP contribution is -2.42. The molecule has 1 aliphatic carbocycles. The van der Waals surface area contributed by atoms with Crippen molar-refractivity contribution in [1.82, 2.24) is 9.71 Å². The van der Waals surface area contributed by atoms with Gasteiger partial charge in [-0.15, -0.1) is 0 Å². The maximum Gasteiger partial charge on any atom is 0.258 e. The Balaban J connectivity index is 2.14. The molecule has 0 aromatic carbocycles. The fraction of sp³-hybridized carbons (Fsp3) is 0.615. The lowest BCUT2D eigenvalue weighted by atomic mass is 9.83. The maximum atomic E-state index is 12.3. The first-order valence-corrected chi connectivity index (χ1v) is 8.94. The molecule has 0 saturated heterocycles. The number of hydrogen-bond acceptors (Lipinski definition) is 3. The number of nitrogens with one attached hydrogen (secondary N) is 1. The number of sulfonamides is 1. The standard InChI is InChI=1S/C13H19BrN2O2S/c1-2-10-5-3-4-6-12(10)16-19(17,18)13-8-7-11(14)9-15-13/h7-10,12,16H,2-6H2,1H3. The summed E-state index contributed by atoms with van der Waals surface area (Å²) in [5.41, 5.74) is 0. The Bertz CT molecular complexity index is 516. The van der Waals surface area contributed by atoms with Gasteiger partial charge in [0.05, 0.1) is 0 Å². The predicted molar refractivity (Wildman–Crippen MR) is 78.3 cm³/mol. The molecule has 19 heavy (non-hydrogen) atoms. The van der Waals surface area contributed by atoms with E-state index in [1.165, 1.54) is 18.7 Å². The summed E-state index contributed by atoms with van der Waals surface area (Å²) in [4.78, 5) is 3.97. The van der Waals surface area contributed by atoms with Crippen LogP contribution < -0.4 is 4.72 Å². The van der Waals surface area contributed by atoms with Crippen molar-refractivity contribution in [3.8, 4) is 0 Å². The zero-order valence-corrected chi connectivity index (χ0v) is 13.4. The van der Waals surface area contributed by atoms with Gasteiger partial charge in [-0.1, -0.05) is 26.2 Å². The van der Waals surface area contributed by atoms with Crippen LogP contribution in [0.2, 0.25) is 0 Å². The van der Waals surface area contributed by atoms with Crippen LogP contribution in [0.1, 0.15) is 39.0 Å². The smallest absolute Gasteiger partial charge is 0.242 e. The molecule has 0 radical (unpaired) electrons. The normalized spacial score (nSPS) is 24.3. The van der Waals surface area contributed by atoms with Crippen molar-refractivity contribution < 1.29 is 8.42 Å². The molecule has 2 unspecified atom stereocenters. The second-order valence-electron chi connectivity index (χ2n) is 5.00. The van der Waals surface area contributed by atoms with Crippen molar-refractivity contribution in [2.75, 3.05) is 0 Å². The summed E-state index contributed by atoms with van der Waals surface area (Å²) in [6, 6.07) is 3.27. The molecule has 1 heterocycles. The highest BCUT2D eigenvalue weighted by molar-refractivity contribution is 9.10. The quantitative estimate of drug-likeness (QED) is 0.911. The van der Waals surface area contributed by atoms with Crippen LogP contribution in [0.15, 0.2) is 27.8 Å². The van der Waals surface area contributed by atoms with Crippen molar-refractivity contribution in [3.05, 3.63) is 22.8 Å². The average molecular weight is 347 g/mol. The van der Waals surface area contributed by atoms with E-state index >= 15 is 0 Å². The lowest BCUT2D eigenvalue weighted by Gasteiger charge is -2.31. The van der Waals surface area contributed by atoms with Gasteiger partial charge in [0.15, 0.2) is 5.03 Å². The molecule has 1 aliphatic rings. The van der Waals surface area contributed by atoms with Crippen LogP contribution in [0.4, 0.5) is 0 Å². The number of hydrogen-bond donors (Lipinski definition) is 1. The van der Waals surface area contributed by atoms with Crippen LogP contribution in [-0.2, 0) is 10.0 Å². The van der Waals surface area contributed by atoms with Gasteiger partial charge >= 0.3 is 0 Å². The van der Waals surface area contributed by atoms with E-state index in [1.54, 1.807) is 6.07 Å². The number of rotatable bonds is 4. The highest BCUT2D eigenvalue weighted by Crippen LogP contribution is 2.27. The molecule has 106 valence electrons. The van der Waals surface area contributed by atoms with E-state index in [1.807, 2.05) is 0 Å². The largest absolute Gasteiger partial charge is 0.258 e. The third kappa shape index (κ3) is 3.77. The van der Waals surface area contributed by atoms with Crippen molar-refractivity contribution in [2.45, 2.75) is 50.1 Å². The minimum atomic E-state index is -3.50. The molecule has 4 nitrogen and oxygen atoms in total. The Morgan fingerprint density at radius 1 is 1.37 bits per heavy atom. The molecule has 2 atom stereocenters. The number of aromatic nitrogens is 1. The van der Waals surface area contributed by atoms with Gasteiger partial charge in [-0.3, -0.25) is 0 Å². The van der Waals surface area contributed by atoms with Gasteiger partial charge in [-0.25, -0.2) is 18.1 Å². The first-order chi connectivity index (χ1) is 9.03. The summed E-state index contributed by atoms with van der Waals surface area (Å²) in [5, 5.41) is 0.0936. The molecule has 0 amide bonds. The third-order valence-corrected chi connectivity index (χ3v) is 5.59. The van der Waals surface area contributed by atoms with Gasteiger partial charge in [-0.2, -0.15) is 0 Å². The van der Waals surface area contributed by atoms with Crippen molar-refractivity contribution in [2.24, 2.45) is 5.92 Å². The molecule has 1 aromatic rings. The first-order valence-electron chi connectivity index (χ1n) is 6.67. The van der Waals surface area contributed by atoms with Crippen LogP contribution in [0, 0.1) is 5.92 Å². The van der Waals surface area contributed by atoms with Gasteiger partial charge < -0.3 is 0 Å². The van der Waals surface area contributed by atoms with Crippen molar-refractivity contribution in [3.63, 3.8) is 0 Å². The molecule has 1 fully saturated rings. The van der Waals surface area contributed by atoms with Crippen LogP contribution >= 0.6 is 15.9 Å². The van der Waals surface area contributed by atoms with Crippen molar-refractivity contribution in [1.29, 1.82) is 0 Å². The SMILES string of the molecule is CCC1CCCCC1NS(=O)(=O)c1ccc(Br)cn1. The Labute approximate surface area is 123 Å². The highest BCUT2D eigenvalue weighted by atomic mass is 79.9. The summed E-state index contributed by atoms with van der Waals surface area (Å²) in [6.45, 7) is 2.12. The lowest BCUT2D eigenvalue weighted by molar-refractivity contribution is 0.282. The van der Waals surface area contributed by atoms with Gasteiger partial charge in [-0.05, 0) is 46.8 Å². The highest BCUT2D eigenvalue weighted by Gasteiger charge is 2.28. The van der Waals surface area contributed by atoms with E-state index in [2.05, 4.69) is 32.6 Å². The second-order valence-corrected chi connectivity index (χ2v) is 7.57. The maximum absolute atomic E-state index is 12.3. The number of nitrogens with zero attached hydrogens (tertiary/aromatic N) is 1. The molecular weight excluding hydrogens is 328 g/mol. The molecular formula is C13H19BrN2O2S. The molecule has 6 heteroatoms. The monoisotopic (exact) mass is 346 g/mol. The van der Waals surface area contributed by atoms with Gasteiger partial charge in [0, 0.05) is 16.7 Å². The molecule has 0 spiro atoms. The average Bonchev–Trinajstić information content (AvgIpc) is 2.39. The minimum Gasteiger partial charge on any atom is -0.242 e. The Kier molecular flexibility index (Phi) is 4.97. The van der Waals surface area contributed by atoms with E-state index in [0.717, 1.165) is 30.2 Å². The molecule has 0 aliphatic heterocycles. The number of pyridine rings is 1. The van der Waals surface area contributed by atoms with E-state index in [0.29, 0.717) is 5.92 Å². The minimum absolute atomic E-state index is 0.0502. The van der Waals surface area contributed by atoms with Crippen molar-refractivity contribution >= 4 is 26.0 Å². The van der Waals surface area contributed by atoms with E-state index in [9.17, 15) is 8.42 Å². The molecule has 1 N–H and O–H groups in total. The third-order valence-electron chi connectivity index (χ3n) is 3.72. The molecule has 1 aromatic heterocycles. The fourth-order valence-corrected chi connectivity index (χ4v) is 4.14. The zero-order valence-electron chi connectivity index (χ0n) is 11.0. The van der Waals surface area contributed by atoms with Crippen LogP contribution in [-0.4, -0.2) is 19.4 Å². The second kappa shape index (κ2) is 6.33. The molecule has 1 saturated carbocycles. The van der Waals surface area contributed by atoms with Crippen LogP contribution in [0.25, 0.3) is 0 Å². The zero-order chi connectivity index (χ0) is 13.9. The topological polar surface area (TPSA) is 59.1 Å². The summed E-state index contributed by atoms with van der Waals surface area (Å²) in [7, 11) is -3.50. The summed E-state index contributed by atoms with van der Waals surface area (Å²) in [5.74, 6) is 0.443. The van der Waals surface area contributed by atoms with Crippen LogP contribution in [0.3, 0.4) is 0 Å². The summed E-state index contributed by atoms with van der Waals surface area (Å²) >= 11 is 3.25. The molecule has 0 bridgehead atoms. The van der Waals surface area contributed by atoms with E-state index in [4.69, 9.17) is 0 Å². The first kappa shape index (κ1) is 14.9. The summed E-state index contributed by atoms with van der Waals surface area (Å²) < 4.78 is 28.2. The van der Waals surface area contributed by atoms with E-state index in [-0.39, 0.29) is 11.1 Å².